The number of carbonyl (C=O) groups is 1. The molecule has 0 spiro atoms. The number of hydrogen-bond acceptors (Lipinski definition) is 2. The van der Waals surface area contributed by atoms with E-state index in [-0.39, 0.29) is 6.54 Å². The number of alkyl halides is 2. The molecule has 1 unspecified atom stereocenters. The Hall–Kier alpha value is -0.710. The van der Waals surface area contributed by atoms with E-state index in [4.69, 9.17) is 5.11 Å². The predicted octanol–water partition coefficient (Wildman–Crippen LogP) is 0.316. The lowest BCUT2D eigenvalue weighted by atomic mass is 9.86. The number of carboxylic acids is 1. The fourth-order valence-electron chi connectivity index (χ4n) is 1.03. The quantitative estimate of drug-likeness (QED) is 0.588. The largest absolute Gasteiger partial charge is 0.481 e. The molecule has 1 fully saturated rings. The second-order valence-electron chi connectivity index (χ2n) is 2.95. The molecule has 3 nitrogen and oxygen atoms in total. The Morgan fingerprint density at radius 1 is 1.55 bits per heavy atom. The summed E-state index contributed by atoms with van der Waals surface area (Å²) in [5.41, 5.74) is -1.94. The Morgan fingerprint density at radius 3 is 2.27 bits per heavy atom. The summed E-state index contributed by atoms with van der Waals surface area (Å²) in [5, 5.41) is 10.8. The Balaban J connectivity index is 2.93. The van der Waals surface area contributed by atoms with Gasteiger partial charge in [-0.15, -0.1) is 0 Å². The van der Waals surface area contributed by atoms with Crippen LogP contribution in [-0.2, 0) is 4.79 Å². The fourth-order valence-corrected chi connectivity index (χ4v) is 1.03. The first-order valence-electron chi connectivity index (χ1n) is 3.22. The van der Waals surface area contributed by atoms with E-state index in [0.717, 1.165) is 6.92 Å². The lowest BCUT2D eigenvalue weighted by Crippen LogP contribution is -2.44. The van der Waals surface area contributed by atoms with Gasteiger partial charge in [-0.2, -0.15) is 0 Å². The zero-order valence-electron chi connectivity index (χ0n) is 6.03. The SMILES string of the molecule is CC1(C(=O)O)CNCC1(F)F. The number of nitrogens with one attached hydrogen (secondary N) is 1. The number of rotatable bonds is 1. The molecule has 0 aromatic heterocycles. The van der Waals surface area contributed by atoms with Crippen molar-refractivity contribution in [3.8, 4) is 0 Å². The summed E-state index contributed by atoms with van der Waals surface area (Å²) in [6.07, 6.45) is 0. The molecule has 0 aromatic carbocycles. The molecule has 5 heteroatoms. The standard InChI is InChI=1S/C6H9F2NO2/c1-5(4(10)11)2-9-3-6(5,7)8/h9H,2-3H2,1H3,(H,10,11). The molecule has 1 aliphatic rings. The van der Waals surface area contributed by atoms with E-state index in [2.05, 4.69) is 5.32 Å². The Labute approximate surface area is 62.4 Å². The van der Waals surface area contributed by atoms with E-state index in [1.165, 1.54) is 0 Å². The summed E-state index contributed by atoms with van der Waals surface area (Å²) < 4.78 is 25.6. The highest BCUT2D eigenvalue weighted by Crippen LogP contribution is 2.39. The molecule has 0 bridgehead atoms. The van der Waals surface area contributed by atoms with Crippen molar-refractivity contribution in [3.05, 3.63) is 0 Å². The van der Waals surface area contributed by atoms with Gasteiger partial charge in [0.15, 0.2) is 0 Å². The minimum Gasteiger partial charge on any atom is -0.481 e. The Bertz CT molecular complexity index is 195. The van der Waals surface area contributed by atoms with Crippen molar-refractivity contribution < 1.29 is 18.7 Å². The molecule has 64 valence electrons. The van der Waals surface area contributed by atoms with E-state index in [1.807, 2.05) is 0 Å². The summed E-state index contributed by atoms with van der Waals surface area (Å²) in [5.74, 6) is -4.59. The fraction of sp³-hybridized carbons (Fsp3) is 0.833. The molecule has 0 aromatic rings. The number of halogens is 2. The van der Waals surface area contributed by atoms with E-state index in [1.54, 1.807) is 0 Å². The van der Waals surface area contributed by atoms with Gasteiger partial charge in [0.25, 0.3) is 5.92 Å². The second kappa shape index (κ2) is 2.14. The summed E-state index contributed by atoms with van der Waals surface area (Å²) >= 11 is 0. The molecule has 1 aliphatic heterocycles. The van der Waals surface area contributed by atoms with Crippen LogP contribution in [0.2, 0.25) is 0 Å². The molecule has 11 heavy (non-hydrogen) atoms. The third kappa shape index (κ3) is 0.994. The van der Waals surface area contributed by atoms with Gasteiger partial charge in [-0.05, 0) is 6.92 Å². The van der Waals surface area contributed by atoms with Crippen LogP contribution in [0.5, 0.6) is 0 Å². The van der Waals surface area contributed by atoms with Gasteiger partial charge in [0.05, 0.1) is 6.54 Å². The van der Waals surface area contributed by atoms with Crippen molar-refractivity contribution in [2.24, 2.45) is 5.41 Å². The maximum Gasteiger partial charge on any atom is 0.316 e. The summed E-state index contributed by atoms with van der Waals surface area (Å²) in [7, 11) is 0. The van der Waals surface area contributed by atoms with Gasteiger partial charge >= 0.3 is 5.97 Å². The van der Waals surface area contributed by atoms with Crippen molar-refractivity contribution >= 4 is 5.97 Å². The normalized spacial score (nSPS) is 35.5. The maximum atomic E-state index is 12.8. The van der Waals surface area contributed by atoms with Crippen molar-refractivity contribution in [2.75, 3.05) is 13.1 Å². The number of aliphatic carboxylic acids is 1. The van der Waals surface area contributed by atoms with Crippen LogP contribution in [0.3, 0.4) is 0 Å². The Morgan fingerprint density at radius 2 is 2.09 bits per heavy atom. The highest BCUT2D eigenvalue weighted by Gasteiger charge is 2.59. The van der Waals surface area contributed by atoms with Crippen molar-refractivity contribution in [1.29, 1.82) is 0 Å². The summed E-state index contributed by atoms with van der Waals surface area (Å²) in [6, 6.07) is 0. The first-order chi connectivity index (χ1) is 4.90. The van der Waals surface area contributed by atoms with Gasteiger partial charge in [0.1, 0.15) is 5.41 Å². The molecule has 0 saturated carbocycles. The molecule has 0 amide bonds. The van der Waals surface area contributed by atoms with E-state index >= 15 is 0 Å². The summed E-state index contributed by atoms with van der Waals surface area (Å²) in [6.45, 7) is 0.334. The second-order valence-corrected chi connectivity index (χ2v) is 2.95. The molecule has 1 heterocycles. The smallest absolute Gasteiger partial charge is 0.316 e. The number of hydrogen-bond donors (Lipinski definition) is 2. The average molecular weight is 165 g/mol. The first-order valence-corrected chi connectivity index (χ1v) is 3.22. The summed E-state index contributed by atoms with van der Waals surface area (Å²) in [4.78, 5) is 10.4. The zero-order valence-corrected chi connectivity index (χ0v) is 6.03. The monoisotopic (exact) mass is 165 g/mol. The minimum atomic E-state index is -3.14. The van der Waals surface area contributed by atoms with Crippen LogP contribution in [0.4, 0.5) is 8.78 Å². The maximum absolute atomic E-state index is 12.8. The van der Waals surface area contributed by atoms with E-state index < -0.39 is 23.9 Å². The zero-order chi connectivity index (χ0) is 8.70. The van der Waals surface area contributed by atoms with E-state index in [9.17, 15) is 13.6 Å². The molecule has 1 rings (SSSR count). The molecule has 0 aliphatic carbocycles. The third-order valence-electron chi connectivity index (χ3n) is 2.10. The number of carboxylic acid groups (broad SMARTS) is 1. The van der Waals surface area contributed by atoms with Crippen molar-refractivity contribution in [1.82, 2.24) is 5.32 Å². The van der Waals surface area contributed by atoms with Crippen LogP contribution in [0.15, 0.2) is 0 Å². The lowest BCUT2D eigenvalue weighted by Gasteiger charge is -2.24. The molecule has 2 N–H and O–H groups in total. The van der Waals surface area contributed by atoms with Crippen molar-refractivity contribution in [2.45, 2.75) is 12.8 Å². The van der Waals surface area contributed by atoms with Crippen LogP contribution in [0.25, 0.3) is 0 Å². The van der Waals surface area contributed by atoms with Gasteiger partial charge in [-0.25, -0.2) is 8.78 Å². The Kier molecular flexibility index (Phi) is 1.63. The van der Waals surface area contributed by atoms with Crippen LogP contribution in [0, 0.1) is 5.41 Å². The molecular formula is C6H9F2NO2. The van der Waals surface area contributed by atoms with Crippen LogP contribution < -0.4 is 5.32 Å². The highest BCUT2D eigenvalue weighted by atomic mass is 19.3. The molecule has 1 saturated heterocycles. The van der Waals surface area contributed by atoms with Crippen LogP contribution in [0.1, 0.15) is 6.92 Å². The minimum absolute atomic E-state index is 0.171. The highest BCUT2D eigenvalue weighted by molar-refractivity contribution is 5.76. The topological polar surface area (TPSA) is 49.3 Å². The van der Waals surface area contributed by atoms with Gasteiger partial charge in [-0.3, -0.25) is 4.79 Å². The molecule has 1 atom stereocenters. The lowest BCUT2D eigenvalue weighted by molar-refractivity contribution is -0.165. The first kappa shape index (κ1) is 8.39. The van der Waals surface area contributed by atoms with Crippen LogP contribution in [-0.4, -0.2) is 30.1 Å². The van der Waals surface area contributed by atoms with Crippen LogP contribution >= 0.6 is 0 Å². The van der Waals surface area contributed by atoms with Gasteiger partial charge in [-0.1, -0.05) is 0 Å². The average Bonchev–Trinajstić information content (AvgIpc) is 2.09. The van der Waals surface area contributed by atoms with Gasteiger partial charge < -0.3 is 10.4 Å². The van der Waals surface area contributed by atoms with Gasteiger partial charge in [0.2, 0.25) is 0 Å². The third-order valence-corrected chi connectivity index (χ3v) is 2.10. The molecule has 0 radical (unpaired) electrons. The predicted molar refractivity (Wildman–Crippen MR) is 33.6 cm³/mol. The molecular weight excluding hydrogens is 156 g/mol. The van der Waals surface area contributed by atoms with E-state index in [0.29, 0.717) is 0 Å². The van der Waals surface area contributed by atoms with Crippen molar-refractivity contribution in [3.63, 3.8) is 0 Å². The van der Waals surface area contributed by atoms with Gasteiger partial charge in [0, 0.05) is 6.54 Å².